The number of hydrogen-bond acceptors (Lipinski definition) is 5. The molecule has 0 heterocycles. The molecule has 2 aromatic carbocycles. The molecule has 1 atom stereocenters. The molecule has 2 amide bonds. The molecule has 0 saturated heterocycles. The number of anilines is 1. The minimum absolute atomic E-state index is 0.105. The van der Waals surface area contributed by atoms with Crippen LogP contribution in [0, 0.1) is 13.8 Å². The van der Waals surface area contributed by atoms with Crippen LogP contribution in [-0.4, -0.2) is 57.1 Å². The summed E-state index contributed by atoms with van der Waals surface area (Å²) >= 11 is 0. The zero-order valence-corrected chi connectivity index (χ0v) is 21.8. The van der Waals surface area contributed by atoms with Crippen molar-refractivity contribution in [3.63, 3.8) is 0 Å². The number of amides is 2. The standard InChI is InChI=1S/C25H35N3O5S/c1-17(2)26-25(30)20(5)27(15-21-9-8-10-23(14-21)33-6)24(29)16-28(34(7,31)32)22-12-11-18(3)19(4)13-22/h8-14,17,20H,15-16H2,1-7H3,(H,26,30). The van der Waals surface area contributed by atoms with E-state index in [9.17, 15) is 18.0 Å². The summed E-state index contributed by atoms with van der Waals surface area (Å²) in [6, 6.07) is 11.5. The number of sulfonamides is 1. The number of carbonyl (C=O) groups is 2. The SMILES string of the molecule is COc1cccc(CN(C(=O)CN(c2ccc(C)c(C)c2)S(C)(=O)=O)C(C)C(=O)NC(C)C)c1. The van der Waals surface area contributed by atoms with Gasteiger partial charge in [-0.25, -0.2) is 8.42 Å². The fraction of sp³-hybridized carbons (Fsp3) is 0.440. The summed E-state index contributed by atoms with van der Waals surface area (Å²) in [4.78, 5) is 27.7. The Morgan fingerprint density at radius 3 is 2.26 bits per heavy atom. The van der Waals surface area contributed by atoms with Crippen LogP contribution in [0.25, 0.3) is 0 Å². The smallest absolute Gasteiger partial charge is 0.244 e. The van der Waals surface area contributed by atoms with Crippen molar-refractivity contribution in [3.8, 4) is 5.75 Å². The summed E-state index contributed by atoms with van der Waals surface area (Å²) in [6.07, 6.45) is 1.07. The maximum atomic E-state index is 13.5. The highest BCUT2D eigenvalue weighted by atomic mass is 32.2. The molecular weight excluding hydrogens is 454 g/mol. The maximum Gasteiger partial charge on any atom is 0.244 e. The number of nitrogens with zero attached hydrogens (tertiary/aromatic N) is 2. The number of ether oxygens (including phenoxy) is 1. The van der Waals surface area contributed by atoms with Crippen LogP contribution < -0.4 is 14.4 Å². The van der Waals surface area contributed by atoms with Crippen LogP contribution >= 0.6 is 0 Å². The van der Waals surface area contributed by atoms with Gasteiger partial charge in [-0.05, 0) is 75.6 Å². The molecule has 1 unspecified atom stereocenters. The third kappa shape index (κ3) is 7.21. The number of carbonyl (C=O) groups excluding carboxylic acids is 2. The fourth-order valence-corrected chi connectivity index (χ4v) is 4.29. The van der Waals surface area contributed by atoms with E-state index >= 15 is 0 Å². The Kier molecular flexibility index (Phi) is 9.09. The number of rotatable bonds is 10. The van der Waals surface area contributed by atoms with Gasteiger partial charge in [0.05, 0.1) is 19.1 Å². The molecule has 0 bridgehead atoms. The Balaban J connectivity index is 2.42. The Labute approximate surface area is 202 Å². The Hall–Kier alpha value is -3.07. The first kappa shape index (κ1) is 27.2. The van der Waals surface area contributed by atoms with Crippen LogP contribution in [0.2, 0.25) is 0 Å². The summed E-state index contributed by atoms with van der Waals surface area (Å²) in [5.41, 5.74) is 3.09. The molecule has 0 aliphatic heterocycles. The lowest BCUT2D eigenvalue weighted by Gasteiger charge is -2.32. The molecular formula is C25H35N3O5S. The summed E-state index contributed by atoms with van der Waals surface area (Å²) < 4.78 is 31.6. The fourth-order valence-electron chi connectivity index (χ4n) is 3.45. The lowest BCUT2D eigenvalue weighted by atomic mass is 10.1. The van der Waals surface area contributed by atoms with Crippen LogP contribution in [0.1, 0.15) is 37.5 Å². The molecule has 0 aromatic heterocycles. The molecule has 9 heteroatoms. The Morgan fingerprint density at radius 1 is 1.03 bits per heavy atom. The van der Waals surface area contributed by atoms with Crippen molar-refractivity contribution in [2.75, 3.05) is 24.2 Å². The van der Waals surface area contributed by atoms with Crippen molar-refractivity contribution in [2.24, 2.45) is 0 Å². The van der Waals surface area contributed by atoms with Crippen molar-refractivity contribution in [1.29, 1.82) is 0 Å². The normalized spacial score (nSPS) is 12.2. The first-order valence-corrected chi connectivity index (χ1v) is 13.0. The van der Waals surface area contributed by atoms with Crippen molar-refractivity contribution in [3.05, 3.63) is 59.2 Å². The van der Waals surface area contributed by atoms with Crippen LogP contribution in [0.4, 0.5) is 5.69 Å². The third-order valence-electron chi connectivity index (χ3n) is 5.54. The van der Waals surface area contributed by atoms with Gasteiger partial charge in [-0.15, -0.1) is 0 Å². The molecule has 2 rings (SSSR count). The van der Waals surface area contributed by atoms with E-state index in [0.717, 1.165) is 27.3 Å². The highest BCUT2D eigenvalue weighted by molar-refractivity contribution is 7.92. The maximum absolute atomic E-state index is 13.5. The van der Waals surface area contributed by atoms with Crippen LogP contribution in [0.5, 0.6) is 5.75 Å². The molecule has 0 fully saturated rings. The summed E-state index contributed by atoms with van der Waals surface area (Å²) in [6.45, 7) is 8.82. The average molecular weight is 490 g/mol. The lowest BCUT2D eigenvalue weighted by molar-refractivity contribution is -0.139. The van der Waals surface area contributed by atoms with E-state index in [1.165, 1.54) is 4.90 Å². The number of methoxy groups -OCH3 is 1. The van der Waals surface area contributed by atoms with Gasteiger partial charge in [0.15, 0.2) is 0 Å². The van der Waals surface area contributed by atoms with Gasteiger partial charge >= 0.3 is 0 Å². The van der Waals surface area contributed by atoms with Crippen LogP contribution in [0.15, 0.2) is 42.5 Å². The number of hydrogen-bond donors (Lipinski definition) is 1. The summed E-state index contributed by atoms with van der Waals surface area (Å²) in [7, 11) is -2.21. The monoisotopic (exact) mass is 489 g/mol. The van der Waals surface area contributed by atoms with Gasteiger partial charge < -0.3 is 15.0 Å². The topological polar surface area (TPSA) is 96.0 Å². The van der Waals surface area contributed by atoms with E-state index in [2.05, 4.69) is 5.32 Å². The average Bonchev–Trinajstić information content (AvgIpc) is 2.76. The molecule has 8 nitrogen and oxygen atoms in total. The zero-order chi connectivity index (χ0) is 25.6. The van der Waals surface area contributed by atoms with Gasteiger partial charge in [-0.1, -0.05) is 18.2 Å². The summed E-state index contributed by atoms with van der Waals surface area (Å²) in [5.74, 6) is -0.182. The second-order valence-corrected chi connectivity index (χ2v) is 10.7. The quantitative estimate of drug-likeness (QED) is 0.554. The first-order valence-electron chi connectivity index (χ1n) is 11.1. The number of nitrogens with one attached hydrogen (secondary N) is 1. The first-order chi connectivity index (χ1) is 15.8. The molecule has 186 valence electrons. The van der Waals surface area contributed by atoms with Gasteiger partial charge in [0.2, 0.25) is 21.8 Å². The lowest BCUT2D eigenvalue weighted by Crippen LogP contribution is -2.52. The van der Waals surface area contributed by atoms with Gasteiger partial charge in [0.25, 0.3) is 0 Å². The second-order valence-electron chi connectivity index (χ2n) is 8.75. The molecule has 1 N–H and O–H groups in total. The van der Waals surface area contributed by atoms with Crippen molar-refractivity contribution >= 4 is 27.5 Å². The van der Waals surface area contributed by atoms with Crippen LogP contribution in [0.3, 0.4) is 0 Å². The highest BCUT2D eigenvalue weighted by Gasteiger charge is 2.30. The van der Waals surface area contributed by atoms with E-state index in [1.54, 1.807) is 44.4 Å². The Morgan fingerprint density at radius 2 is 1.71 bits per heavy atom. The summed E-state index contributed by atoms with van der Waals surface area (Å²) in [5, 5.41) is 2.83. The van der Waals surface area contributed by atoms with Crippen LogP contribution in [-0.2, 0) is 26.2 Å². The van der Waals surface area contributed by atoms with Crippen molar-refractivity contribution in [2.45, 2.75) is 53.2 Å². The van der Waals surface area contributed by atoms with E-state index < -0.39 is 28.5 Å². The minimum Gasteiger partial charge on any atom is -0.497 e. The highest BCUT2D eigenvalue weighted by Crippen LogP contribution is 2.22. The predicted molar refractivity (Wildman–Crippen MR) is 134 cm³/mol. The minimum atomic E-state index is -3.76. The molecule has 2 aromatic rings. The largest absolute Gasteiger partial charge is 0.497 e. The molecule has 0 aliphatic rings. The van der Waals surface area contributed by atoms with Crippen molar-refractivity contribution in [1.82, 2.24) is 10.2 Å². The predicted octanol–water partition coefficient (Wildman–Crippen LogP) is 3.02. The number of benzene rings is 2. The van der Waals surface area contributed by atoms with Gasteiger partial charge in [-0.2, -0.15) is 0 Å². The molecule has 34 heavy (non-hydrogen) atoms. The van der Waals surface area contributed by atoms with Crippen molar-refractivity contribution < 1.29 is 22.7 Å². The van der Waals surface area contributed by atoms with E-state index in [1.807, 2.05) is 39.8 Å². The van der Waals surface area contributed by atoms with Gasteiger partial charge in [0, 0.05) is 12.6 Å². The number of aryl methyl sites for hydroxylation is 2. The van der Waals surface area contributed by atoms with E-state index in [-0.39, 0.29) is 18.5 Å². The molecule has 0 radical (unpaired) electrons. The second kappa shape index (κ2) is 11.4. The van der Waals surface area contributed by atoms with Gasteiger partial charge in [0.1, 0.15) is 18.3 Å². The molecule has 0 saturated carbocycles. The zero-order valence-electron chi connectivity index (χ0n) is 21.0. The Bertz CT molecular complexity index is 1130. The van der Waals surface area contributed by atoms with E-state index in [4.69, 9.17) is 4.74 Å². The molecule has 0 spiro atoms. The van der Waals surface area contributed by atoms with E-state index in [0.29, 0.717) is 11.4 Å². The van der Waals surface area contributed by atoms with Gasteiger partial charge in [-0.3, -0.25) is 13.9 Å². The third-order valence-corrected chi connectivity index (χ3v) is 6.68. The molecule has 0 aliphatic carbocycles.